The van der Waals surface area contributed by atoms with Crippen molar-refractivity contribution in [3.63, 3.8) is 0 Å². The van der Waals surface area contributed by atoms with Crippen molar-refractivity contribution in [1.82, 2.24) is 5.32 Å². The van der Waals surface area contributed by atoms with Crippen LogP contribution >= 0.6 is 0 Å². The van der Waals surface area contributed by atoms with Crippen molar-refractivity contribution >= 4 is 12.1 Å². The molecule has 0 bridgehead atoms. The van der Waals surface area contributed by atoms with E-state index in [1.807, 2.05) is 13.8 Å². The molecule has 1 unspecified atom stereocenters. The van der Waals surface area contributed by atoms with Gasteiger partial charge in [-0.25, -0.2) is 9.59 Å². The Kier molecular flexibility index (Phi) is 8.28. The quantitative estimate of drug-likeness (QED) is 0.729. The number of amides is 1. The lowest BCUT2D eigenvalue weighted by molar-refractivity contribution is -0.143. The fourth-order valence-electron chi connectivity index (χ4n) is 3.10. The second-order valence-corrected chi connectivity index (χ2v) is 6.69. The first-order valence-corrected chi connectivity index (χ1v) is 8.51. The van der Waals surface area contributed by atoms with Crippen LogP contribution in [0.25, 0.3) is 0 Å². The molecule has 1 fully saturated rings. The predicted molar refractivity (Wildman–Crippen MR) is 85.5 cm³/mol. The molecule has 1 saturated carbocycles. The van der Waals surface area contributed by atoms with Crippen LogP contribution in [0, 0.1) is 11.8 Å². The van der Waals surface area contributed by atoms with Crippen molar-refractivity contribution in [2.45, 2.75) is 77.9 Å². The van der Waals surface area contributed by atoms with Crippen LogP contribution in [-0.2, 0) is 14.3 Å². The van der Waals surface area contributed by atoms with Gasteiger partial charge in [-0.1, -0.05) is 33.6 Å². The molecule has 128 valence electrons. The van der Waals surface area contributed by atoms with E-state index in [1.54, 1.807) is 0 Å². The lowest BCUT2D eigenvalue weighted by atomic mass is 9.85. The molecule has 1 atom stereocenters. The molecule has 22 heavy (non-hydrogen) atoms. The minimum atomic E-state index is -0.631. The molecule has 1 aliphatic rings. The molecule has 5 nitrogen and oxygen atoms in total. The zero-order chi connectivity index (χ0) is 16.5. The van der Waals surface area contributed by atoms with Gasteiger partial charge in [-0.2, -0.15) is 0 Å². The third-order valence-corrected chi connectivity index (χ3v) is 4.25. The Bertz CT molecular complexity index is 349. The van der Waals surface area contributed by atoms with Crippen LogP contribution in [-0.4, -0.2) is 31.3 Å². The van der Waals surface area contributed by atoms with Crippen LogP contribution in [0.15, 0.2) is 0 Å². The molecule has 0 aromatic rings. The highest BCUT2D eigenvalue weighted by atomic mass is 16.6. The fraction of sp³-hybridized carbons (Fsp3) is 0.882. The highest BCUT2D eigenvalue weighted by molar-refractivity contribution is 5.81. The monoisotopic (exact) mass is 313 g/mol. The Hall–Kier alpha value is -1.26. The molecular weight excluding hydrogens is 282 g/mol. The summed E-state index contributed by atoms with van der Waals surface area (Å²) in [5, 5.41) is 2.65. The van der Waals surface area contributed by atoms with Crippen molar-refractivity contribution in [2.75, 3.05) is 7.11 Å². The molecule has 0 aliphatic heterocycles. The Balaban J connectivity index is 2.39. The Morgan fingerprint density at radius 2 is 1.82 bits per heavy atom. The van der Waals surface area contributed by atoms with E-state index in [0.29, 0.717) is 6.42 Å². The minimum Gasteiger partial charge on any atom is -0.467 e. The van der Waals surface area contributed by atoms with Gasteiger partial charge in [0.25, 0.3) is 0 Å². The van der Waals surface area contributed by atoms with Crippen molar-refractivity contribution < 1.29 is 19.1 Å². The lowest BCUT2D eigenvalue weighted by Crippen LogP contribution is -2.44. The molecule has 0 aromatic carbocycles. The van der Waals surface area contributed by atoms with E-state index in [0.717, 1.165) is 31.6 Å². The summed E-state index contributed by atoms with van der Waals surface area (Å²) >= 11 is 0. The summed E-state index contributed by atoms with van der Waals surface area (Å²) in [5.74, 6) is 0.642. The lowest BCUT2D eigenvalue weighted by Gasteiger charge is -2.28. The molecule has 0 saturated heterocycles. The third kappa shape index (κ3) is 6.67. The highest BCUT2D eigenvalue weighted by Crippen LogP contribution is 2.29. The molecular formula is C17H31NO4. The Labute approximate surface area is 134 Å². The van der Waals surface area contributed by atoms with E-state index >= 15 is 0 Å². The normalized spacial score (nSPS) is 23.0. The summed E-state index contributed by atoms with van der Waals surface area (Å²) in [4.78, 5) is 23.7. The molecule has 0 heterocycles. The Morgan fingerprint density at radius 1 is 1.18 bits per heavy atom. The number of alkyl carbamates (subject to hydrolysis) is 1. The second kappa shape index (κ2) is 9.70. The number of carbonyl (C=O) groups excluding carboxylic acids is 2. The van der Waals surface area contributed by atoms with Gasteiger partial charge in [0, 0.05) is 0 Å². The second-order valence-electron chi connectivity index (χ2n) is 6.69. The molecule has 0 radical (unpaired) electrons. The van der Waals surface area contributed by atoms with Crippen LogP contribution in [0.4, 0.5) is 4.79 Å². The van der Waals surface area contributed by atoms with Crippen molar-refractivity contribution in [2.24, 2.45) is 11.8 Å². The van der Waals surface area contributed by atoms with E-state index in [4.69, 9.17) is 9.47 Å². The van der Waals surface area contributed by atoms with Gasteiger partial charge >= 0.3 is 12.1 Å². The fourth-order valence-corrected chi connectivity index (χ4v) is 3.10. The van der Waals surface area contributed by atoms with Crippen LogP contribution < -0.4 is 5.32 Å². The first-order valence-electron chi connectivity index (χ1n) is 8.51. The van der Waals surface area contributed by atoms with Gasteiger partial charge in [-0.15, -0.1) is 0 Å². The Morgan fingerprint density at radius 3 is 2.32 bits per heavy atom. The van der Waals surface area contributed by atoms with Crippen LogP contribution in [0.2, 0.25) is 0 Å². The number of rotatable bonds is 7. The zero-order valence-electron chi connectivity index (χ0n) is 14.4. The number of nitrogens with one attached hydrogen (secondary N) is 1. The molecule has 0 aromatic heterocycles. The molecule has 5 heteroatoms. The summed E-state index contributed by atoms with van der Waals surface area (Å²) in [5.41, 5.74) is 0. The average Bonchev–Trinajstić information content (AvgIpc) is 2.47. The van der Waals surface area contributed by atoms with Crippen LogP contribution in [0.1, 0.15) is 65.7 Å². The largest absolute Gasteiger partial charge is 0.467 e. The number of esters is 1. The topological polar surface area (TPSA) is 64.6 Å². The van der Waals surface area contributed by atoms with Crippen molar-refractivity contribution in [3.05, 3.63) is 0 Å². The van der Waals surface area contributed by atoms with Crippen molar-refractivity contribution in [3.8, 4) is 0 Å². The van der Waals surface area contributed by atoms with Gasteiger partial charge < -0.3 is 14.8 Å². The molecule has 1 amide bonds. The van der Waals surface area contributed by atoms with E-state index in [-0.39, 0.29) is 12.0 Å². The number of hydrogen-bond acceptors (Lipinski definition) is 4. The average molecular weight is 313 g/mol. The first-order chi connectivity index (χ1) is 10.5. The van der Waals surface area contributed by atoms with Gasteiger partial charge in [0.05, 0.1) is 7.11 Å². The standard InChI is InChI=1S/C17H31NO4/c1-5-6-13-7-9-14(10-8-13)22-17(20)18-15(11-12(2)3)16(19)21-4/h12-15H,5-11H2,1-4H3,(H,18,20). The maximum Gasteiger partial charge on any atom is 0.408 e. The first kappa shape index (κ1) is 18.8. The van der Waals surface area contributed by atoms with E-state index in [1.165, 1.54) is 20.0 Å². The summed E-state index contributed by atoms with van der Waals surface area (Å²) in [6.45, 7) is 6.20. The number of ether oxygens (including phenoxy) is 2. The number of carbonyl (C=O) groups is 2. The summed E-state index contributed by atoms with van der Waals surface area (Å²) in [6.07, 6.45) is 6.59. The predicted octanol–water partition coefficient (Wildman–Crippen LogP) is 3.66. The zero-order valence-corrected chi connectivity index (χ0v) is 14.4. The minimum absolute atomic E-state index is 0.0227. The maximum absolute atomic E-state index is 12.0. The van der Waals surface area contributed by atoms with Crippen LogP contribution in [0.5, 0.6) is 0 Å². The molecule has 1 N–H and O–H groups in total. The highest BCUT2D eigenvalue weighted by Gasteiger charge is 2.27. The molecule has 0 spiro atoms. The number of methoxy groups -OCH3 is 1. The van der Waals surface area contributed by atoms with Crippen molar-refractivity contribution in [1.29, 1.82) is 0 Å². The smallest absolute Gasteiger partial charge is 0.408 e. The summed E-state index contributed by atoms with van der Waals surface area (Å²) in [6, 6.07) is -0.631. The molecule has 1 aliphatic carbocycles. The van der Waals surface area contributed by atoms with Gasteiger partial charge in [0.15, 0.2) is 0 Å². The van der Waals surface area contributed by atoms with Gasteiger partial charge in [0.1, 0.15) is 12.1 Å². The van der Waals surface area contributed by atoms with E-state index < -0.39 is 18.1 Å². The van der Waals surface area contributed by atoms with Crippen LogP contribution in [0.3, 0.4) is 0 Å². The van der Waals surface area contributed by atoms with E-state index in [2.05, 4.69) is 12.2 Å². The van der Waals surface area contributed by atoms with Gasteiger partial charge in [0.2, 0.25) is 0 Å². The maximum atomic E-state index is 12.0. The third-order valence-electron chi connectivity index (χ3n) is 4.25. The summed E-state index contributed by atoms with van der Waals surface area (Å²) in [7, 11) is 1.33. The van der Waals surface area contributed by atoms with E-state index in [9.17, 15) is 9.59 Å². The summed E-state index contributed by atoms with van der Waals surface area (Å²) < 4.78 is 10.2. The SMILES string of the molecule is CCCC1CCC(OC(=O)NC(CC(C)C)C(=O)OC)CC1. The molecule has 1 rings (SSSR count). The number of hydrogen-bond donors (Lipinski definition) is 1. The van der Waals surface area contributed by atoms with Gasteiger partial charge in [-0.05, 0) is 43.9 Å². The van der Waals surface area contributed by atoms with Gasteiger partial charge in [-0.3, -0.25) is 0 Å².